The Kier molecular flexibility index (Phi) is 10.1. The van der Waals surface area contributed by atoms with E-state index < -0.39 is 0 Å². The van der Waals surface area contributed by atoms with Gasteiger partial charge in [0, 0.05) is 20.0 Å². The third-order valence-electron chi connectivity index (χ3n) is 5.20. The Labute approximate surface area is 137 Å². The summed E-state index contributed by atoms with van der Waals surface area (Å²) in [7, 11) is 0. The van der Waals surface area contributed by atoms with E-state index in [1.54, 1.807) is 6.07 Å². The summed E-state index contributed by atoms with van der Waals surface area (Å²) in [5, 5.41) is 7.32. The number of likely N-dealkylation sites (tertiary alicyclic amines) is 1. The third kappa shape index (κ3) is 7.26. The molecule has 2 fully saturated rings. The van der Waals surface area contributed by atoms with Gasteiger partial charge >= 0.3 is 0 Å². The maximum absolute atomic E-state index is 10.8. The fraction of sp³-hybridized carbons (Fsp3) is 0.889. The van der Waals surface area contributed by atoms with Gasteiger partial charge in [0.05, 0.1) is 12.6 Å². The lowest BCUT2D eigenvalue weighted by atomic mass is 9.65. The lowest BCUT2D eigenvalue weighted by Crippen LogP contribution is -2.33. The van der Waals surface area contributed by atoms with Crippen molar-refractivity contribution in [1.82, 2.24) is 4.90 Å². The third-order valence-corrected chi connectivity index (χ3v) is 5.20. The molecule has 1 saturated heterocycles. The van der Waals surface area contributed by atoms with E-state index in [9.17, 15) is 4.79 Å². The molecule has 2 rings (SSSR count). The van der Waals surface area contributed by atoms with Crippen molar-refractivity contribution >= 4 is 5.91 Å². The summed E-state index contributed by atoms with van der Waals surface area (Å²) >= 11 is 0. The molecular formula is C18H35N3O. The van der Waals surface area contributed by atoms with Gasteiger partial charge in [0.15, 0.2) is 0 Å². The minimum atomic E-state index is 0.0903. The zero-order chi connectivity index (χ0) is 17.2. The highest BCUT2D eigenvalue weighted by Gasteiger charge is 2.32. The predicted molar refractivity (Wildman–Crippen MR) is 92.1 cm³/mol. The van der Waals surface area contributed by atoms with Crippen LogP contribution < -0.4 is 5.73 Å². The second-order valence-corrected chi connectivity index (χ2v) is 7.16. The summed E-state index contributed by atoms with van der Waals surface area (Å²) in [6.07, 6.45) is 6.61. The van der Waals surface area contributed by atoms with Crippen molar-refractivity contribution in [2.45, 2.75) is 66.7 Å². The molecule has 4 nitrogen and oxygen atoms in total. The first-order chi connectivity index (χ1) is 10.3. The molecule has 0 aromatic heterocycles. The molecule has 128 valence electrons. The number of rotatable bonds is 1. The van der Waals surface area contributed by atoms with Gasteiger partial charge in [0.25, 0.3) is 0 Å². The van der Waals surface area contributed by atoms with Crippen LogP contribution in [0.3, 0.4) is 0 Å². The highest BCUT2D eigenvalue weighted by Crippen LogP contribution is 2.43. The van der Waals surface area contributed by atoms with Crippen LogP contribution in [0.2, 0.25) is 0 Å². The summed E-state index contributed by atoms with van der Waals surface area (Å²) < 4.78 is 0. The van der Waals surface area contributed by atoms with Crippen molar-refractivity contribution in [2.24, 2.45) is 23.0 Å². The molecule has 1 aliphatic carbocycles. The predicted octanol–water partition coefficient (Wildman–Crippen LogP) is 3.57. The van der Waals surface area contributed by atoms with Crippen LogP contribution in [0.15, 0.2) is 0 Å². The quantitative estimate of drug-likeness (QED) is 0.805. The SMILES string of the molecule is CC#N.CC1CCCC(C)(C)[C@H]1C.NCC(=O)N1CCCC1. The van der Waals surface area contributed by atoms with Gasteiger partial charge in [-0.05, 0) is 36.5 Å². The Bertz CT molecular complexity index is 354. The molecule has 0 aromatic carbocycles. The summed E-state index contributed by atoms with van der Waals surface area (Å²) in [4.78, 5) is 12.6. The Balaban J connectivity index is 0.000000342. The largest absolute Gasteiger partial charge is 0.342 e. The first-order valence-electron chi connectivity index (χ1n) is 8.58. The molecule has 0 radical (unpaired) electrons. The maximum Gasteiger partial charge on any atom is 0.236 e. The molecule has 1 saturated carbocycles. The average molecular weight is 309 g/mol. The van der Waals surface area contributed by atoms with E-state index in [1.807, 2.05) is 4.90 Å². The van der Waals surface area contributed by atoms with Crippen LogP contribution in [0.1, 0.15) is 66.7 Å². The number of hydrogen-bond acceptors (Lipinski definition) is 3. The van der Waals surface area contributed by atoms with Gasteiger partial charge in [-0.25, -0.2) is 0 Å². The summed E-state index contributed by atoms with van der Waals surface area (Å²) in [6, 6.07) is 1.75. The van der Waals surface area contributed by atoms with Gasteiger partial charge in [-0.3, -0.25) is 4.79 Å². The number of carbonyl (C=O) groups is 1. The molecule has 1 unspecified atom stereocenters. The molecule has 1 amide bonds. The minimum absolute atomic E-state index is 0.0903. The van der Waals surface area contributed by atoms with Gasteiger partial charge in [0.2, 0.25) is 5.91 Å². The topological polar surface area (TPSA) is 70.1 Å². The van der Waals surface area contributed by atoms with Gasteiger partial charge in [-0.1, -0.05) is 40.5 Å². The molecule has 4 heteroatoms. The summed E-state index contributed by atoms with van der Waals surface area (Å²) in [6.45, 7) is 13.0. The standard InChI is InChI=1S/C10H20.C6H12N2O.C2H3N/c1-8-6-5-7-10(3,4)9(8)2;7-5-6(9)8-3-1-2-4-8;1-2-3/h8-9H,5-7H2,1-4H3;1-5,7H2;1H3/t8?,9-;;/m0../s1. The molecule has 2 atom stereocenters. The normalized spacial score (nSPS) is 26.0. The average Bonchev–Trinajstić information content (AvgIpc) is 2.99. The minimum Gasteiger partial charge on any atom is -0.342 e. The second-order valence-electron chi connectivity index (χ2n) is 7.16. The van der Waals surface area contributed by atoms with Crippen molar-refractivity contribution in [2.75, 3.05) is 19.6 Å². The molecular weight excluding hydrogens is 274 g/mol. The molecule has 0 bridgehead atoms. The molecule has 1 heterocycles. The number of nitriles is 1. The smallest absolute Gasteiger partial charge is 0.236 e. The zero-order valence-electron chi connectivity index (χ0n) is 15.2. The lowest BCUT2D eigenvalue weighted by Gasteiger charge is -2.40. The van der Waals surface area contributed by atoms with Crippen molar-refractivity contribution in [1.29, 1.82) is 5.26 Å². The number of nitrogens with zero attached hydrogens (tertiary/aromatic N) is 2. The zero-order valence-corrected chi connectivity index (χ0v) is 15.2. The molecule has 2 N–H and O–H groups in total. The van der Waals surface area contributed by atoms with Crippen LogP contribution in [-0.2, 0) is 4.79 Å². The first kappa shape index (κ1) is 20.9. The Morgan fingerprint density at radius 1 is 1.27 bits per heavy atom. The van der Waals surface area contributed by atoms with Crippen LogP contribution in [0.4, 0.5) is 0 Å². The first-order valence-corrected chi connectivity index (χ1v) is 8.58. The van der Waals surface area contributed by atoms with E-state index in [-0.39, 0.29) is 12.5 Å². The van der Waals surface area contributed by atoms with Gasteiger partial charge in [0.1, 0.15) is 0 Å². The van der Waals surface area contributed by atoms with Crippen LogP contribution in [0.25, 0.3) is 0 Å². The van der Waals surface area contributed by atoms with Gasteiger partial charge < -0.3 is 10.6 Å². The molecule has 1 aliphatic heterocycles. The van der Waals surface area contributed by atoms with Gasteiger partial charge in [-0.15, -0.1) is 0 Å². The van der Waals surface area contributed by atoms with Crippen molar-refractivity contribution in [3.8, 4) is 6.07 Å². The van der Waals surface area contributed by atoms with Crippen LogP contribution in [0.5, 0.6) is 0 Å². The monoisotopic (exact) mass is 309 g/mol. The van der Waals surface area contributed by atoms with Crippen LogP contribution in [-0.4, -0.2) is 30.4 Å². The van der Waals surface area contributed by atoms with E-state index in [0.717, 1.165) is 37.8 Å². The van der Waals surface area contributed by atoms with Crippen molar-refractivity contribution < 1.29 is 4.79 Å². The molecule has 0 spiro atoms. The Morgan fingerprint density at radius 2 is 1.77 bits per heavy atom. The lowest BCUT2D eigenvalue weighted by molar-refractivity contribution is -0.128. The van der Waals surface area contributed by atoms with Crippen LogP contribution in [0, 0.1) is 28.6 Å². The Morgan fingerprint density at radius 3 is 2.14 bits per heavy atom. The van der Waals surface area contributed by atoms with E-state index in [4.69, 9.17) is 11.0 Å². The molecule has 2 aliphatic rings. The second kappa shape index (κ2) is 10.6. The summed E-state index contributed by atoms with van der Waals surface area (Å²) in [5.74, 6) is 1.96. The fourth-order valence-corrected chi connectivity index (χ4v) is 3.22. The fourth-order valence-electron chi connectivity index (χ4n) is 3.22. The van der Waals surface area contributed by atoms with E-state index >= 15 is 0 Å². The van der Waals surface area contributed by atoms with Crippen LogP contribution >= 0.6 is 0 Å². The molecule has 22 heavy (non-hydrogen) atoms. The van der Waals surface area contributed by atoms with Gasteiger partial charge in [-0.2, -0.15) is 5.26 Å². The summed E-state index contributed by atoms with van der Waals surface area (Å²) in [5.41, 5.74) is 5.77. The van der Waals surface area contributed by atoms with E-state index in [0.29, 0.717) is 5.41 Å². The highest BCUT2D eigenvalue weighted by atomic mass is 16.2. The van der Waals surface area contributed by atoms with E-state index in [2.05, 4.69) is 27.7 Å². The van der Waals surface area contributed by atoms with Crippen molar-refractivity contribution in [3.63, 3.8) is 0 Å². The number of carbonyl (C=O) groups excluding carboxylic acids is 1. The maximum atomic E-state index is 10.8. The number of amides is 1. The van der Waals surface area contributed by atoms with Crippen molar-refractivity contribution in [3.05, 3.63) is 0 Å². The Hall–Kier alpha value is -1.08. The highest BCUT2D eigenvalue weighted by molar-refractivity contribution is 5.78. The number of nitrogens with two attached hydrogens (primary N) is 1. The van der Waals surface area contributed by atoms with E-state index in [1.165, 1.54) is 26.2 Å². The molecule has 0 aromatic rings. The number of hydrogen-bond donors (Lipinski definition) is 1.